The molecular weight excluding hydrogens is 738 g/mol. The van der Waals surface area contributed by atoms with Crippen molar-refractivity contribution in [3.8, 4) is 0 Å². The van der Waals surface area contributed by atoms with Crippen molar-refractivity contribution in [1.82, 2.24) is 0 Å². The smallest absolute Gasteiger partial charge is 0.238 e. The third-order valence-electron chi connectivity index (χ3n) is 13.3. The van der Waals surface area contributed by atoms with Crippen LogP contribution >= 0.6 is 16.3 Å². The molecule has 56 heavy (non-hydrogen) atoms. The van der Waals surface area contributed by atoms with Gasteiger partial charge in [0.2, 0.25) is 23.6 Å². The van der Waals surface area contributed by atoms with E-state index in [1.165, 1.54) is 9.80 Å². The zero-order chi connectivity index (χ0) is 38.6. The Labute approximate surface area is 329 Å². The second-order valence-electron chi connectivity index (χ2n) is 15.9. The minimum Gasteiger partial charge on any atom is -0.347 e. The highest BCUT2D eigenvalue weighted by molar-refractivity contribution is 7.56. The number of allylic oxidation sites excluding steroid dienone is 4. The van der Waals surface area contributed by atoms with Crippen LogP contribution in [0, 0.1) is 23.7 Å². The molecule has 0 saturated carbocycles. The molecule has 6 aliphatic rings. The fraction of sp³-hybridized carbons (Fsp3) is 0.304. The summed E-state index contributed by atoms with van der Waals surface area (Å²) in [5.41, 5.74) is 6.85. The van der Waals surface area contributed by atoms with Gasteiger partial charge in [-0.25, -0.2) is 9.80 Å². The second kappa shape index (κ2) is 13.5. The minimum atomic E-state index is -1.33. The lowest BCUT2D eigenvalue weighted by atomic mass is 9.78. The number of amides is 4. The maximum atomic E-state index is 14.3. The highest BCUT2D eigenvalue weighted by atomic mass is 31.1. The number of fused-ring (bicyclic) bond motifs is 10. The molecule has 2 unspecified atom stereocenters. The van der Waals surface area contributed by atoms with Gasteiger partial charge in [0.15, 0.2) is 0 Å². The zero-order valence-electron chi connectivity index (χ0n) is 31.6. The van der Waals surface area contributed by atoms with E-state index in [0.29, 0.717) is 11.4 Å². The second-order valence-corrected chi connectivity index (χ2v) is 20.0. The van der Waals surface area contributed by atoms with Crippen molar-refractivity contribution >= 4 is 51.3 Å². The van der Waals surface area contributed by atoms with Gasteiger partial charge in [0, 0.05) is 38.9 Å². The topological polar surface area (TPSA) is 93.2 Å². The predicted octanol–water partition coefficient (Wildman–Crippen LogP) is 9.11. The summed E-state index contributed by atoms with van der Waals surface area (Å²) in [6.45, 7) is 8.40. The number of benzene rings is 4. The predicted molar refractivity (Wildman–Crippen MR) is 218 cm³/mol. The van der Waals surface area contributed by atoms with Crippen molar-refractivity contribution in [1.29, 1.82) is 0 Å². The van der Waals surface area contributed by atoms with E-state index in [1.54, 1.807) is 0 Å². The molecule has 0 spiro atoms. The van der Waals surface area contributed by atoms with E-state index in [1.807, 2.05) is 97.1 Å². The number of carbonyl (C=O) groups excluding carboxylic acids is 4. The molecule has 10 rings (SSSR count). The lowest BCUT2D eigenvalue weighted by Crippen LogP contribution is -2.34. The van der Waals surface area contributed by atoms with Crippen LogP contribution in [0.1, 0.15) is 51.0 Å². The lowest BCUT2D eigenvalue weighted by Gasteiger charge is -2.36. The number of nitrogens with zero attached hydrogens (tertiary/aromatic N) is 2. The van der Waals surface area contributed by atoms with Crippen molar-refractivity contribution in [2.45, 2.75) is 62.5 Å². The SMILES string of the molecule is CC1=C(C)[C@H]2[C@H]3C(=O)N(c4ccccc4)C(=O)[C@H]3[C@@H]1P2O[C@@H](c1ccccc1)[C@@H](OP1[C@@H]2C(C)=C(C)[C@H]1[C@H]1C(=O)N(c3ccccc3)C(=O)[C@H]12)c1ccccc1. The first-order chi connectivity index (χ1) is 27.2. The fourth-order valence-electron chi connectivity index (χ4n) is 10.6. The van der Waals surface area contributed by atoms with Gasteiger partial charge in [-0.05, 0) is 63.1 Å². The number of rotatable bonds is 9. The van der Waals surface area contributed by atoms with Crippen LogP contribution in [0.15, 0.2) is 144 Å². The van der Waals surface area contributed by atoms with Gasteiger partial charge in [-0.2, -0.15) is 0 Å². The van der Waals surface area contributed by atoms with E-state index < -0.39 is 52.2 Å². The van der Waals surface area contributed by atoms with Crippen LogP contribution in [0.2, 0.25) is 0 Å². The average molecular weight is 781 g/mol. The Morgan fingerprint density at radius 1 is 0.411 bits per heavy atom. The third kappa shape index (κ3) is 5.05. The van der Waals surface area contributed by atoms with E-state index in [-0.39, 0.29) is 46.3 Å². The maximum Gasteiger partial charge on any atom is 0.238 e. The number of carbonyl (C=O) groups is 4. The van der Waals surface area contributed by atoms with Crippen molar-refractivity contribution in [2.75, 3.05) is 9.80 Å². The lowest BCUT2D eigenvalue weighted by molar-refractivity contribution is -0.124. The molecule has 0 N–H and O–H groups in total. The Morgan fingerprint density at radius 3 is 0.929 bits per heavy atom. The molecule has 4 aromatic rings. The molecular formula is C46H42N2O6P2. The molecule has 4 saturated heterocycles. The van der Waals surface area contributed by atoms with Crippen molar-refractivity contribution in [3.63, 3.8) is 0 Å². The van der Waals surface area contributed by atoms with Gasteiger partial charge in [0.25, 0.3) is 0 Å². The number of imide groups is 2. The summed E-state index contributed by atoms with van der Waals surface area (Å²) in [6.07, 6.45) is -1.17. The Balaban J connectivity index is 1.02. The summed E-state index contributed by atoms with van der Waals surface area (Å²) >= 11 is 0. The number of anilines is 2. The summed E-state index contributed by atoms with van der Waals surface area (Å²) in [5.74, 6) is -2.53. The van der Waals surface area contributed by atoms with Crippen LogP contribution in [0.25, 0.3) is 0 Å². The quantitative estimate of drug-likeness (QED) is 0.0957. The maximum absolute atomic E-state index is 14.3. The first kappa shape index (κ1) is 35.8. The van der Waals surface area contributed by atoms with Gasteiger partial charge in [-0.1, -0.05) is 119 Å². The molecule has 12 atom stereocenters. The van der Waals surface area contributed by atoms with Gasteiger partial charge < -0.3 is 9.05 Å². The Hall–Kier alpha value is -4.58. The molecule has 0 aromatic heterocycles. The molecule has 0 aliphatic carbocycles. The van der Waals surface area contributed by atoms with Crippen molar-refractivity contribution < 1.29 is 28.2 Å². The van der Waals surface area contributed by atoms with Crippen LogP contribution in [0.3, 0.4) is 0 Å². The number of hydrogen-bond donors (Lipinski definition) is 0. The molecule has 4 amide bonds. The van der Waals surface area contributed by atoms with Gasteiger partial charge in [0.05, 0.1) is 35.0 Å². The molecule has 4 aromatic carbocycles. The average Bonchev–Trinajstić information content (AvgIpc) is 3.99. The normalized spacial score (nSPS) is 32.6. The molecule has 4 bridgehead atoms. The molecule has 4 fully saturated rings. The van der Waals surface area contributed by atoms with E-state index >= 15 is 0 Å². The summed E-state index contributed by atoms with van der Waals surface area (Å²) in [6, 6.07) is 38.7. The van der Waals surface area contributed by atoms with E-state index in [9.17, 15) is 19.2 Å². The summed E-state index contributed by atoms with van der Waals surface area (Å²) in [5, 5.41) is 0. The van der Waals surface area contributed by atoms with Crippen LogP contribution in [0.5, 0.6) is 0 Å². The summed E-state index contributed by atoms with van der Waals surface area (Å²) < 4.78 is 15.0. The van der Waals surface area contributed by atoms with Crippen molar-refractivity contribution in [2.24, 2.45) is 23.7 Å². The van der Waals surface area contributed by atoms with Crippen LogP contribution in [-0.4, -0.2) is 46.3 Å². The Morgan fingerprint density at radius 2 is 0.661 bits per heavy atom. The zero-order valence-corrected chi connectivity index (χ0v) is 33.3. The van der Waals surface area contributed by atoms with Crippen LogP contribution in [0.4, 0.5) is 11.4 Å². The Kier molecular flexibility index (Phi) is 8.65. The fourth-order valence-corrected chi connectivity index (χ4v) is 17.6. The first-order valence-electron chi connectivity index (χ1n) is 19.4. The van der Waals surface area contributed by atoms with Gasteiger partial charge in [-0.3, -0.25) is 19.2 Å². The monoisotopic (exact) mass is 780 g/mol. The third-order valence-corrected chi connectivity index (χ3v) is 19.3. The van der Waals surface area contributed by atoms with Gasteiger partial charge >= 0.3 is 0 Å². The molecule has 282 valence electrons. The number of para-hydroxylation sites is 2. The highest BCUT2D eigenvalue weighted by Crippen LogP contribution is 2.76. The van der Waals surface area contributed by atoms with Crippen LogP contribution in [-0.2, 0) is 28.2 Å². The summed E-state index contributed by atoms with van der Waals surface area (Å²) in [4.78, 5) is 59.9. The van der Waals surface area contributed by atoms with Crippen LogP contribution < -0.4 is 9.80 Å². The van der Waals surface area contributed by atoms with E-state index in [4.69, 9.17) is 9.05 Å². The highest BCUT2D eigenvalue weighted by Gasteiger charge is 2.70. The van der Waals surface area contributed by atoms with Gasteiger partial charge in [-0.15, -0.1) is 0 Å². The largest absolute Gasteiger partial charge is 0.347 e. The Bertz CT molecular complexity index is 2100. The van der Waals surface area contributed by atoms with Crippen molar-refractivity contribution in [3.05, 3.63) is 155 Å². The summed E-state index contributed by atoms with van der Waals surface area (Å²) in [7, 11) is -2.67. The standard InChI is InChI=1S/C46H42N2O6P2/c1-25-26(2)40-34-33(43(49)47(44(34)50)31-21-13-7-14-22-31)39(25)55(40)53-37(29-17-9-5-10-18-29)38(30-19-11-6-12-20-30)54-56-41-27(3)28(4)42(56)36-35(41)45(51)48(46(36)52)32-23-15-8-16-24-32/h5-24,33-42H,1-4H3/t33-,34+,35-,36+,37-,38-,39-,40+,41-,42+,55?,56?/m0/s1. The minimum absolute atomic E-state index is 0.151. The molecule has 6 aliphatic heterocycles. The van der Waals surface area contributed by atoms with E-state index in [2.05, 4.69) is 52.0 Å². The first-order valence-corrected chi connectivity index (χ1v) is 22.2. The molecule has 0 radical (unpaired) electrons. The number of hydrogen-bond acceptors (Lipinski definition) is 6. The molecule has 8 nitrogen and oxygen atoms in total. The molecule has 6 heterocycles. The van der Waals surface area contributed by atoms with Gasteiger partial charge in [0.1, 0.15) is 12.2 Å². The molecule has 10 heteroatoms. The van der Waals surface area contributed by atoms with E-state index in [0.717, 1.165) is 33.4 Å².